The molecule has 0 spiro atoms. The van der Waals surface area contributed by atoms with E-state index < -0.39 is 0 Å². The van der Waals surface area contributed by atoms with E-state index in [0.29, 0.717) is 12.1 Å². The van der Waals surface area contributed by atoms with E-state index in [0.717, 1.165) is 25.3 Å². The van der Waals surface area contributed by atoms with Crippen molar-refractivity contribution in [1.82, 2.24) is 20.2 Å². The van der Waals surface area contributed by atoms with Gasteiger partial charge < -0.3 is 15.2 Å². The molecule has 1 aromatic carbocycles. The molecule has 0 saturated carbocycles. The first-order valence-electron chi connectivity index (χ1n) is 6.81. The predicted molar refractivity (Wildman–Crippen MR) is 76.2 cm³/mol. The van der Waals surface area contributed by atoms with Crippen LogP contribution in [0.3, 0.4) is 0 Å². The molecule has 3 rings (SSSR count). The van der Waals surface area contributed by atoms with Gasteiger partial charge >= 0.3 is 0 Å². The molecule has 104 valence electrons. The number of hydrogen-bond acceptors (Lipinski definition) is 3. The second-order valence-corrected chi connectivity index (χ2v) is 5.05. The first kappa shape index (κ1) is 12.9. The number of hydrogen-bond donors (Lipinski definition) is 2. The van der Waals surface area contributed by atoms with Gasteiger partial charge in [0.15, 0.2) is 0 Å². The van der Waals surface area contributed by atoms with Crippen molar-refractivity contribution in [3.63, 3.8) is 0 Å². The standard InChI is InChI=1S/C15H18N4O/c1-19-7-6-17-14(19)10-18-15(20)12-3-2-11-4-5-16-9-13(11)8-12/h2-3,6-8,16H,4-5,9-10H2,1H3,(H,18,20). The number of rotatable bonds is 3. The van der Waals surface area contributed by atoms with Gasteiger partial charge in [-0.2, -0.15) is 0 Å². The zero-order chi connectivity index (χ0) is 13.9. The Kier molecular flexibility index (Phi) is 3.52. The molecule has 1 aliphatic heterocycles. The quantitative estimate of drug-likeness (QED) is 0.874. The summed E-state index contributed by atoms with van der Waals surface area (Å²) in [6.07, 6.45) is 4.63. The van der Waals surface area contributed by atoms with Crippen LogP contribution in [0.25, 0.3) is 0 Å². The Bertz CT molecular complexity index is 633. The molecule has 20 heavy (non-hydrogen) atoms. The number of nitrogens with zero attached hydrogens (tertiary/aromatic N) is 2. The minimum atomic E-state index is -0.0543. The average Bonchev–Trinajstić information content (AvgIpc) is 2.89. The Labute approximate surface area is 118 Å². The molecular weight excluding hydrogens is 252 g/mol. The van der Waals surface area contributed by atoms with Gasteiger partial charge in [0, 0.05) is 31.5 Å². The van der Waals surface area contributed by atoms with Gasteiger partial charge in [-0.1, -0.05) is 6.07 Å². The third-order valence-electron chi connectivity index (χ3n) is 3.68. The van der Waals surface area contributed by atoms with Gasteiger partial charge in [0.2, 0.25) is 0 Å². The Balaban J connectivity index is 1.69. The number of amides is 1. The fourth-order valence-corrected chi connectivity index (χ4v) is 2.45. The fraction of sp³-hybridized carbons (Fsp3) is 0.333. The highest BCUT2D eigenvalue weighted by molar-refractivity contribution is 5.94. The summed E-state index contributed by atoms with van der Waals surface area (Å²) in [5.41, 5.74) is 3.27. The lowest BCUT2D eigenvalue weighted by Crippen LogP contribution is -2.26. The Morgan fingerprint density at radius 2 is 2.35 bits per heavy atom. The molecule has 0 saturated heterocycles. The van der Waals surface area contributed by atoms with Gasteiger partial charge in [0.05, 0.1) is 6.54 Å². The lowest BCUT2D eigenvalue weighted by Gasteiger charge is -2.17. The number of aromatic nitrogens is 2. The topological polar surface area (TPSA) is 59.0 Å². The van der Waals surface area contributed by atoms with Crippen LogP contribution in [0.15, 0.2) is 30.6 Å². The van der Waals surface area contributed by atoms with Crippen LogP contribution in [0.4, 0.5) is 0 Å². The Morgan fingerprint density at radius 3 is 3.15 bits per heavy atom. The first-order chi connectivity index (χ1) is 9.74. The SMILES string of the molecule is Cn1ccnc1CNC(=O)c1ccc2c(c1)CNCC2. The third kappa shape index (κ3) is 2.58. The van der Waals surface area contributed by atoms with Crippen LogP contribution in [0.5, 0.6) is 0 Å². The van der Waals surface area contributed by atoms with Crippen LogP contribution in [0.2, 0.25) is 0 Å². The maximum Gasteiger partial charge on any atom is 0.251 e. The van der Waals surface area contributed by atoms with Gasteiger partial charge in [-0.05, 0) is 36.2 Å². The summed E-state index contributed by atoms with van der Waals surface area (Å²) in [6, 6.07) is 5.94. The summed E-state index contributed by atoms with van der Waals surface area (Å²) in [5.74, 6) is 0.791. The van der Waals surface area contributed by atoms with Crippen molar-refractivity contribution in [2.75, 3.05) is 6.54 Å². The minimum absolute atomic E-state index is 0.0543. The molecule has 1 aliphatic rings. The van der Waals surface area contributed by atoms with E-state index in [9.17, 15) is 4.79 Å². The molecule has 0 bridgehead atoms. The van der Waals surface area contributed by atoms with E-state index in [1.807, 2.05) is 29.9 Å². The lowest BCUT2D eigenvalue weighted by atomic mass is 9.98. The highest BCUT2D eigenvalue weighted by Gasteiger charge is 2.12. The average molecular weight is 270 g/mol. The largest absolute Gasteiger partial charge is 0.345 e. The van der Waals surface area contributed by atoms with Crippen LogP contribution in [0.1, 0.15) is 27.3 Å². The number of fused-ring (bicyclic) bond motifs is 1. The molecule has 0 unspecified atom stereocenters. The van der Waals surface area contributed by atoms with Crippen molar-refractivity contribution >= 4 is 5.91 Å². The van der Waals surface area contributed by atoms with Crippen molar-refractivity contribution in [2.24, 2.45) is 7.05 Å². The Morgan fingerprint density at radius 1 is 1.45 bits per heavy atom. The number of nitrogens with one attached hydrogen (secondary N) is 2. The second-order valence-electron chi connectivity index (χ2n) is 5.05. The molecule has 5 nitrogen and oxygen atoms in total. The number of aryl methyl sites for hydroxylation is 1. The van der Waals surface area contributed by atoms with E-state index in [1.54, 1.807) is 6.20 Å². The normalized spacial score (nSPS) is 13.8. The molecule has 5 heteroatoms. The smallest absolute Gasteiger partial charge is 0.251 e. The van der Waals surface area contributed by atoms with Crippen LogP contribution in [-0.2, 0) is 26.6 Å². The van der Waals surface area contributed by atoms with Gasteiger partial charge in [0.1, 0.15) is 5.82 Å². The van der Waals surface area contributed by atoms with Crippen molar-refractivity contribution in [2.45, 2.75) is 19.5 Å². The number of carbonyl (C=O) groups excluding carboxylic acids is 1. The maximum atomic E-state index is 12.2. The lowest BCUT2D eigenvalue weighted by molar-refractivity contribution is 0.0949. The number of carbonyl (C=O) groups is 1. The third-order valence-corrected chi connectivity index (χ3v) is 3.68. The number of benzene rings is 1. The van der Waals surface area contributed by atoms with E-state index in [4.69, 9.17) is 0 Å². The summed E-state index contributed by atoms with van der Waals surface area (Å²) < 4.78 is 1.90. The van der Waals surface area contributed by atoms with Crippen LogP contribution >= 0.6 is 0 Å². The number of imidazole rings is 1. The van der Waals surface area contributed by atoms with Crippen molar-refractivity contribution < 1.29 is 4.79 Å². The van der Waals surface area contributed by atoms with Crippen molar-refractivity contribution in [1.29, 1.82) is 0 Å². The van der Waals surface area contributed by atoms with Crippen molar-refractivity contribution in [3.05, 3.63) is 53.1 Å². The molecule has 0 atom stereocenters. The van der Waals surface area contributed by atoms with Crippen LogP contribution in [0, 0.1) is 0 Å². The molecule has 2 heterocycles. The molecule has 1 amide bonds. The van der Waals surface area contributed by atoms with Gasteiger partial charge in [-0.3, -0.25) is 4.79 Å². The van der Waals surface area contributed by atoms with E-state index >= 15 is 0 Å². The molecule has 2 N–H and O–H groups in total. The summed E-state index contributed by atoms with van der Waals surface area (Å²) in [4.78, 5) is 16.4. The second kappa shape index (κ2) is 5.46. The zero-order valence-corrected chi connectivity index (χ0v) is 11.5. The molecule has 0 aliphatic carbocycles. The molecule has 2 aromatic rings. The van der Waals surface area contributed by atoms with Crippen LogP contribution in [-0.4, -0.2) is 22.0 Å². The molecule has 0 fully saturated rings. The van der Waals surface area contributed by atoms with Gasteiger partial charge in [0.25, 0.3) is 5.91 Å². The van der Waals surface area contributed by atoms with Gasteiger partial charge in [-0.15, -0.1) is 0 Å². The highest BCUT2D eigenvalue weighted by Crippen LogP contribution is 2.15. The molecule has 1 aromatic heterocycles. The van der Waals surface area contributed by atoms with E-state index in [2.05, 4.69) is 21.7 Å². The van der Waals surface area contributed by atoms with Crippen molar-refractivity contribution in [3.8, 4) is 0 Å². The Hall–Kier alpha value is -2.14. The highest BCUT2D eigenvalue weighted by atomic mass is 16.1. The van der Waals surface area contributed by atoms with Gasteiger partial charge in [-0.25, -0.2) is 4.98 Å². The predicted octanol–water partition coefficient (Wildman–Crippen LogP) is 0.996. The first-order valence-corrected chi connectivity index (χ1v) is 6.81. The van der Waals surface area contributed by atoms with Crippen LogP contribution < -0.4 is 10.6 Å². The molecule has 0 radical (unpaired) electrons. The fourth-order valence-electron chi connectivity index (χ4n) is 2.45. The summed E-state index contributed by atoms with van der Waals surface area (Å²) >= 11 is 0. The zero-order valence-electron chi connectivity index (χ0n) is 11.5. The summed E-state index contributed by atoms with van der Waals surface area (Å²) in [5, 5.41) is 6.23. The monoisotopic (exact) mass is 270 g/mol. The van der Waals surface area contributed by atoms with E-state index in [1.165, 1.54) is 11.1 Å². The summed E-state index contributed by atoms with van der Waals surface area (Å²) in [7, 11) is 1.92. The maximum absolute atomic E-state index is 12.2. The minimum Gasteiger partial charge on any atom is -0.345 e. The molecular formula is C15H18N4O. The van der Waals surface area contributed by atoms with E-state index in [-0.39, 0.29) is 5.91 Å². The summed E-state index contributed by atoms with van der Waals surface area (Å²) in [6.45, 7) is 2.30.